The van der Waals surface area contributed by atoms with E-state index in [0.29, 0.717) is 5.56 Å². The van der Waals surface area contributed by atoms with Gasteiger partial charge < -0.3 is 15.7 Å². The van der Waals surface area contributed by atoms with E-state index in [1.54, 1.807) is 0 Å². The van der Waals surface area contributed by atoms with Crippen molar-refractivity contribution in [3.05, 3.63) is 106 Å². The summed E-state index contributed by atoms with van der Waals surface area (Å²) in [6.45, 7) is 2.06. The second kappa shape index (κ2) is 12.4. The summed E-state index contributed by atoms with van der Waals surface area (Å²) in [5.41, 5.74) is 4.02. The molecule has 1 aliphatic rings. The Morgan fingerprint density at radius 3 is 2.39 bits per heavy atom. The van der Waals surface area contributed by atoms with Crippen LogP contribution >= 0.6 is 10.6 Å². The van der Waals surface area contributed by atoms with Crippen LogP contribution in [0, 0.1) is 11.6 Å². The number of aryl methyl sites for hydroxylation is 1. The fourth-order valence-corrected chi connectivity index (χ4v) is 6.57. The number of amides is 1. The van der Waals surface area contributed by atoms with Crippen molar-refractivity contribution in [3.63, 3.8) is 0 Å². The Balaban J connectivity index is 1.51. The van der Waals surface area contributed by atoms with Crippen LogP contribution in [0.1, 0.15) is 40.8 Å². The molecule has 0 unspecified atom stereocenters. The number of carbonyl (C=O) groups is 1. The number of benzene rings is 3. The molecule has 0 saturated heterocycles. The third-order valence-corrected chi connectivity index (χ3v) is 8.42. The van der Waals surface area contributed by atoms with Crippen LogP contribution < -0.4 is 10.6 Å². The number of aliphatic hydroxyl groups is 1. The fourth-order valence-electron chi connectivity index (χ4n) is 4.86. The molecule has 9 heteroatoms. The Hall–Kier alpha value is -2.82. The van der Waals surface area contributed by atoms with E-state index in [1.165, 1.54) is 12.1 Å². The Kier molecular flexibility index (Phi) is 9.17. The van der Waals surface area contributed by atoms with Gasteiger partial charge in [-0.1, -0.05) is 55.5 Å². The van der Waals surface area contributed by atoms with Crippen LogP contribution in [0.3, 0.4) is 0 Å². The van der Waals surface area contributed by atoms with Gasteiger partial charge in [0.2, 0.25) is 5.91 Å². The van der Waals surface area contributed by atoms with Crippen LogP contribution in [0.15, 0.2) is 66.7 Å². The van der Waals surface area contributed by atoms with Crippen LogP contribution in [0.4, 0.5) is 8.78 Å². The van der Waals surface area contributed by atoms with Crippen LogP contribution in [0.2, 0.25) is 0 Å². The quantitative estimate of drug-likeness (QED) is 0.254. The number of hydrogen-bond acceptors (Lipinski definition) is 5. The molecule has 204 valence electrons. The van der Waals surface area contributed by atoms with E-state index in [1.807, 2.05) is 55.5 Å². The van der Waals surface area contributed by atoms with E-state index in [0.717, 1.165) is 34.7 Å². The van der Waals surface area contributed by atoms with Gasteiger partial charge in [-0.3, -0.25) is 13.9 Å². The number of fused-ring (bicyclic) bond motifs is 1. The molecular formula is C29H34F2N2O4S. The number of carbonyl (C=O) groups excluding carboxylic acids is 1. The molecule has 0 radical (unpaired) electrons. The Labute approximate surface area is 223 Å². The van der Waals surface area contributed by atoms with Crippen LogP contribution in [-0.4, -0.2) is 44.6 Å². The monoisotopic (exact) mass is 544 g/mol. The van der Waals surface area contributed by atoms with Crippen molar-refractivity contribution in [2.45, 2.75) is 50.1 Å². The van der Waals surface area contributed by atoms with Gasteiger partial charge in [-0.2, -0.15) is 10.6 Å². The fraction of sp³-hybridized carbons (Fsp3) is 0.345. The van der Waals surface area contributed by atoms with Crippen molar-refractivity contribution < 1.29 is 27.8 Å². The molecule has 3 aromatic rings. The SMILES string of the molecule is CCc1ccc2c(c1)[C@@H](NC[C@@H](O)[C@H](Cc1cc(F)cc(F)c1)NC(=O)Cc1ccccc1)CS(O)(O)C2. The number of rotatable bonds is 10. The van der Waals surface area contributed by atoms with Gasteiger partial charge in [-0.25, -0.2) is 8.78 Å². The normalized spacial score (nSPS) is 18.7. The van der Waals surface area contributed by atoms with E-state index < -0.39 is 40.4 Å². The summed E-state index contributed by atoms with van der Waals surface area (Å²) in [6, 6.07) is 16.9. The maximum Gasteiger partial charge on any atom is 0.224 e. The third-order valence-electron chi connectivity index (χ3n) is 6.78. The summed E-state index contributed by atoms with van der Waals surface area (Å²) >= 11 is 0. The molecule has 1 heterocycles. The van der Waals surface area contributed by atoms with Crippen molar-refractivity contribution in [2.24, 2.45) is 0 Å². The summed E-state index contributed by atoms with van der Waals surface area (Å²) in [6.07, 6.45) is -0.193. The van der Waals surface area contributed by atoms with Crippen molar-refractivity contribution >= 4 is 16.5 Å². The highest BCUT2D eigenvalue weighted by Crippen LogP contribution is 2.50. The van der Waals surface area contributed by atoms with Gasteiger partial charge in [0, 0.05) is 12.6 Å². The third kappa shape index (κ3) is 7.61. The van der Waals surface area contributed by atoms with Gasteiger partial charge in [-0.15, -0.1) is 0 Å². The van der Waals surface area contributed by atoms with E-state index in [4.69, 9.17) is 0 Å². The van der Waals surface area contributed by atoms with Gasteiger partial charge in [-0.05, 0) is 52.8 Å². The van der Waals surface area contributed by atoms with Gasteiger partial charge in [0.15, 0.2) is 0 Å². The molecule has 0 bridgehead atoms. The van der Waals surface area contributed by atoms with Crippen molar-refractivity contribution in [1.82, 2.24) is 10.6 Å². The summed E-state index contributed by atoms with van der Waals surface area (Å²) in [7, 11) is -2.84. The highest BCUT2D eigenvalue weighted by Gasteiger charge is 2.31. The molecule has 0 aliphatic carbocycles. The topological polar surface area (TPSA) is 102 Å². The van der Waals surface area contributed by atoms with Gasteiger partial charge in [0.05, 0.1) is 36.1 Å². The highest BCUT2D eigenvalue weighted by molar-refractivity contribution is 8.23. The van der Waals surface area contributed by atoms with Crippen molar-refractivity contribution in [2.75, 3.05) is 12.3 Å². The Morgan fingerprint density at radius 1 is 1.00 bits per heavy atom. The molecule has 0 aromatic heterocycles. The minimum Gasteiger partial charge on any atom is -0.390 e. The lowest BCUT2D eigenvalue weighted by Gasteiger charge is -2.42. The summed E-state index contributed by atoms with van der Waals surface area (Å²) in [5.74, 6) is -1.51. The molecule has 4 rings (SSSR count). The van der Waals surface area contributed by atoms with Crippen LogP contribution in [-0.2, 0) is 29.8 Å². The lowest BCUT2D eigenvalue weighted by molar-refractivity contribution is -0.122. The summed E-state index contributed by atoms with van der Waals surface area (Å²) in [5, 5.41) is 17.2. The maximum atomic E-state index is 13.8. The standard InChI is InChI=1S/C29H34F2N2O4S/c1-2-19-8-9-22-17-38(36,37)18-27(25(22)12-19)32-16-28(34)26(13-21-10-23(30)15-24(31)11-21)33-29(35)14-20-6-4-3-5-7-20/h3-12,15,26-28,32,34,36-37H,2,13-14,16-18H2,1H3,(H,33,35)/t26-,27-,28+/m0/s1. The number of nitrogens with one attached hydrogen (secondary N) is 2. The molecule has 0 spiro atoms. The lowest BCUT2D eigenvalue weighted by Crippen LogP contribution is -2.50. The first-order valence-electron chi connectivity index (χ1n) is 12.7. The smallest absolute Gasteiger partial charge is 0.224 e. The summed E-state index contributed by atoms with van der Waals surface area (Å²) in [4.78, 5) is 12.8. The first-order valence-corrected chi connectivity index (χ1v) is 14.6. The van der Waals surface area contributed by atoms with Crippen molar-refractivity contribution in [3.8, 4) is 0 Å². The molecule has 0 fully saturated rings. The van der Waals surface area contributed by atoms with Crippen LogP contribution in [0.25, 0.3) is 0 Å². The average Bonchev–Trinajstić information content (AvgIpc) is 2.86. The van der Waals surface area contributed by atoms with Gasteiger partial charge in [0.1, 0.15) is 11.6 Å². The first-order chi connectivity index (χ1) is 18.1. The molecule has 0 saturated carbocycles. The molecule has 1 aliphatic heterocycles. The van der Waals surface area contributed by atoms with Crippen molar-refractivity contribution in [1.29, 1.82) is 0 Å². The van der Waals surface area contributed by atoms with E-state index >= 15 is 0 Å². The van der Waals surface area contributed by atoms with E-state index in [9.17, 15) is 27.8 Å². The minimum atomic E-state index is -2.84. The van der Waals surface area contributed by atoms with E-state index in [2.05, 4.69) is 10.6 Å². The van der Waals surface area contributed by atoms with Gasteiger partial charge >= 0.3 is 0 Å². The second-order valence-electron chi connectivity index (χ2n) is 9.85. The highest BCUT2D eigenvalue weighted by atomic mass is 32.3. The van der Waals surface area contributed by atoms with Gasteiger partial charge in [0.25, 0.3) is 0 Å². The first kappa shape index (κ1) is 28.2. The van der Waals surface area contributed by atoms with Crippen LogP contribution in [0.5, 0.6) is 0 Å². The largest absolute Gasteiger partial charge is 0.390 e. The number of aliphatic hydroxyl groups excluding tert-OH is 1. The molecule has 3 atom stereocenters. The molecule has 6 nitrogen and oxygen atoms in total. The second-order valence-corrected chi connectivity index (χ2v) is 12.1. The predicted molar refractivity (Wildman–Crippen MR) is 146 cm³/mol. The molecule has 5 N–H and O–H groups in total. The molecule has 38 heavy (non-hydrogen) atoms. The molecular weight excluding hydrogens is 510 g/mol. The number of hydrogen-bond donors (Lipinski definition) is 5. The lowest BCUT2D eigenvalue weighted by atomic mass is 9.97. The Morgan fingerprint density at radius 2 is 1.71 bits per heavy atom. The zero-order valence-electron chi connectivity index (χ0n) is 21.2. The summed E-state index contributed by atoms with van der Waals surface area (Å²) < 4.78 is 48.7. The zero-order valence-corrected chi connectivity index (χ0v) is 22.1. The van der Waals surface area contributed by atoms with E-state index in [-0.39, 0.29) is 36.8 Å². The molecule has 1 amide bonds. The zero-order chi connectivity index (χ0) is 27.3. The number of halogens is 2. The average molecular weight is 545 g/mol. The molecule has 3 aromatic carbocycles. The minimum absolute atomic E-state index is 0.00841. The maximum absolute atomic E-state index is 13.8. The predicted octanol–water partition coefficient (Wildman–Crippen LogP) is 4.75. The Bertz CT molecular complexity index is 1240.